The van der Waals surface area contributed by atoms with E-state index in [1.807, 2.05) is 13.2 Å². The topological polar surface area (TPSA) is 63.6 Å². The third kappa shape index (κ3) is 1.16. The van der Waals surface area contributed by atoms with Crippen molar-refractivity contribution in [1.29, 1.82) is 0 Å². The fourth-order valence-corrected chi connectivity index (χ4v) is 1.47. The van der Waals surface area contributed by atoms with Gasteiger partial charge in [-0.05, 0) is 0 Å². The van der Waals surface area contributed by atoms with E-state index in [2.05, 4.69) is 15.3 Å². The second kappa shape index (κ2) is 2.56. The molecule has 2 aromatic heterocycles. The first-order valence-electron chi connectivity index (χ1n) is 3.30. The monoisotopic (exact) mass is 182 g/mol. The minimum atomic E-state index is -0.145. The SMILES string of the molecule is Cn1cc(-c2n[nH]c(=O)s2)cn1. The van der Waals surface area contributed by atoms with Crippen LogP contribution in [-0.4, -0.2) is 20.0 Å². The second-order valence-electron chi connectivity index (χ2n) is 2.32. The average Bonchev–Trinajstić information content (AvgIpc) is 2.58. The van der Waals surface area contributed by atoms with Gasteiger partial charge in [0.1, 0.15) is 0 Å². The van der Waals surface area contributed by atoms with Crippen LogP contribution in [0, 0.1) is 0 Å². The van der Waals surface area contributed by atoms with Gasteiger partial charge in [0.15, 0.2) is 5.01 Å². The Labute approximate surface area is 71.7 Å². The molecular formula is C6H6N4OS. The summed E-state index contributed by atoms with van der Waals surface area (Å²) in [5.41, 5.74) is 0.862. The highest BCUT2D eigenvalue weighted by Gasteiger charge is 2.04. The Bertz CT molecular complexity index is 440. The van der Waals surface area contributed by atoms with Gasteiger partial charge >= 0.3 is 4.87 Å². The molecule has 0 aliphatic heterocycles. The van der Waals surface area contributed by atoms with Crippen molar-refractivity contribution in [3.05, 3.63) is 22.1 Å². The Balaban J connectivity index is 2.50. The van der Waals surface area contributed by atoms with Crippen LogP contribution in [0.5, 0.6) is 0 Å². The number of rotatable bonds is 1. The number of hydrogen-bond acceptors (Lipinski definition) is 4. The standard InChI is InChI=1S/C6H6N4OS/c1-10-3-4(2-7-10)5-8-9-6(11)12-5/h2-3H,1H3,(H,9,11). The largest absolute Gasteiger partial charge is 0.322 e. The van der Waals surface area contributed by atoms with E-state index in [-0.39, 0.29) is 4.87 Å². The molecule has 0 aliphatic rings. The molecule has 0 unspecified atom stereocenters. The van der Waals surface area contributed by atoms with Crippen LogP contribution in [0.1, 0.15) is 0 Å². The highest BCUT2D eigenvalue weighted by atomic mass is 32.1. The predicted octanol–water partition coefficient (Wildman–Crippen LogP) is 0.232. The Hall–Kier alpha value is -1.43. The third-order valence-corrected chi connectivity index (χ3v) is 2.19. The summed E-state index contributed by atoms with van der Waals surface area (Å²) in [5.74, 6) is 0. The van der Waals surface area contributed by atoms with Crippen LogP contribution in [0.15, 0.2) is 17.2 Å². The van der Waals surface area contributed by atoms with E-state index in [0.717, 1.165) is 16.9 Å². The second-order valence-corrected chi connectivity index (χ2v) is 3.28. The van der Waals surface area contributed by atoms with Crippen molar-refractivity contribution in [2.45, 2.75) is 0 Å². The molecule has 62 valence electrons. The molecule has 1 N–H and O–H groups in total. The molecule has 2 heterocycles. The summed E-state index contributed by atoms with van der Waals surface area (Å²) in [6.45, 7) is 0. The number of nitrogens with one attached hydrogen (secondary N) is 1. The molecule has 0 aromatic carbocycles. The molecule has 5 nitrogen and oxygen atoms in total. The average molecular weight is 182 g/mol. The van der Waals surface area contributed by atoms with Crippen molar-refractivity contribution in [2.75, 3.05) is 0 Å². The molecule has 0 aliphatic carbocycles. The van der Waals surface area contributed by atoms with E-state index in [4.69, 9.17) is 0 Å². The summed E-state index contributed by atoms with van der Waals surface area (Å²) in [6, 6.07) is 0. The molecule has 12 heavy (non-hydrogen) atoms. The van der Waals surface area contributed by atoms with Crippen molar-refractivity contribution >= 4 is 11.3 Å². The van der Waals surface area contributed by atoms with Gasteiger partial charge in [-0.25, -0.2) is 5.10 Å². The summed E-state index contributed by atoms with van der Waals surface area (Å²) in [6.07, 6.45) is 3.48. The van der Waals surface area contributed by atoms with Crippen LogP contribution in [-0.2, 0) is 7.05 Å². The summed E-state index contributed by atoms with van der Waals surface area (Å²) in [5, 5.41) is 10.8. The molecule has 6 heteroatoms. The van der Waals surface area contributed by atoms with E-state index < -0.39 is 0 Å². The van der Waals surface area contributed by atoms with Crippen molar-refractivity contribution in [2.24, 2.45) is 7.05 Å². The van der Waals surface area contributed by atoms with Gasteiger partial charge in [-0.2, -0.15) is 10.2 Å². The number of nitrogens with zero attached hydrogens (tertiary/aromatic N) is 3. The van der Waals surface area contributed by atoms with Gasteiger partial charge < -0.3 is 0 Å². The molecule has 0 saturated heterocycles. The van der Waals surface area contributed by atoms with E-state index in [1.54, 1.807) is 10.9 Å². The summed E-state index contributed by atoms with van der Waals surface area (Å²) in [4.78, 5) is 10.6. The predicted molar refractivity (Wildman–Crippen MR) is 44.9 cm³/mol. The van der Waals surface area contributed by atoms with Gasteiger partial charge in [-0.3, -0.25) is 9.48 Å². The minimum Gasteiger partial charge on any atom is -0.275 e. The maximum atomic E-state index is 10.7. The number of H-pyrrole nitrogens is 1. The molecule has 0 fully saturated rings. The third-order valence-electron chi connectivity index (χ3n) is 1.39. The number of aromatic nitrogens is 4. The van der Waals surface area contributed by atoms with Crippen LogP contribution < -0.4 is 4.87 Å². The molecule has 2 aromatic rings. The first-order valence-corrected chi connectivity index (χ1v) is 4.12. The lowest BCUT2D eigenvalue weighted by Crippen LogP contribution is -1.90. The number of aryl methyl sites for hydroxylation is 1. The molecule has 0 saturated carbocycles. The minimum absolute atomic E-state index is 0.145. The van der Waals surface area contributed by atoms with Crippen molar-refractivity contribution in [3.63, 3.8) is 0 Å². The molecule has 0 radical (unpaired) electrons. The van der Waals surface area contributed by atoms with Gasteiger partial charge in [0, 0.05) is 13.2 Å². The normalized spacial score (nSPS) is 10.4. The molecule has 2 rings (SSSR count). The zero-order valence-corrected chi connectivity index (χ0v) is 7.13. The van der Waals surface area contributed by atoms with Crippen LogP contribution in [0.3, 0.4) is 0 Å². The molecular weight excluding hydrogens is 176 g/mol. The zero-order valence-electron chi connectivity index (χ0n) is 6.31. The maximum Gasteiger partial charge on any atom is 0.322 e. The molecule has 0 atom stereocenters. The van der Waals surface area contributed by atoms with Crippen LogP contribution in [0.2, 0.25) is 0 Å². The van der Waals surface area contributed by atoms with Gasteiger partial charge in [-0.1, -0.05) is 11.3 Å². The number of hydrogen-bond donors (Lipinski definition) is 1. The smallest absolute Gasteiger partial charge is 0.275 e. The quantitative estimate of drug-likeness (QED) is 0.686. The highest BCUT2D eigenvalue weighted by molar-refractivity contribution is 7.12. The maximum absolute atomic E-state index is 10.7. The van der Waals surface area contributed by atoms with E-state index in [1.165, 1.54) is 0 Å². The number of aromatic amines is 1. The van der Waals surface area contributed by atoms with Crippen LogP contribution >= 0.6 is 11.3 Å². The van der Waals surface area contributed by atoms with Crippen LogP contribution in [0.25, 0.3) is 10.6 Å². The van der Waals surface area contributed by atoms with Gasteiger partial charge in [0.2, 0.25) is 0 Å². The van der Waals surface area contributed by atoms with E-state index >= 15 is 0 Å². The summed E-state index contributed by atoms with van der Waals surface area (Å²) in [7, 11) is 1.82. The lowest BCUT2D eigenvalue weighted by Gasteiger charge is -1.83. The Morgan fingerprint density at radius 2 is 2.50 bits per heavy atom. The Morgan fingerprint density at radius 3 is 3.00 bits per heavy atom. The first-order chi connectivity index (χ1) is 5.75. The van der Waals surface area contributed by atoms with Gasteiger partial charge in [0.05, 0.1) is 11.8 Å². The van der Waals surface area contributed by atoms with E-state index in [9.17, 15) is 4.79 Å². The summed E-state index contributed by atoms with van der Waals surface area (Å²) < 4.78 is 1.67. The van der Waals surface area contributed by atoms with E-state index in [0.29, 0.717) is 5.01 Å². The summed E-state index contributed by atoms with van der Waals surface area (Å²) >= 11 is 1.08. The molecule has 0 amide bonds. The van der Waals surface area contributed by atoms with Gasteiger partial charge in [0.25, 0.3) is 0 Å². The Morgan fingerprint density at radius 1 is 1.67 bits per heavy atom. The Kier molecular flexibility index (Phi) is 1.54. The lowest BCUT2D eigenvalue weighted by atomic mass is 10.4. The van der Waals surface area contributed by atoms with Crippen molar-refractivity contribution in [1.82, 2.24) is 20.0 Å². The fourth-order valence-electron chi connectivity index (χ4n) is 0.885. The molecule has 0 spiro atoms. The molecule has 0 bridgehead atoms. The lowest BCUT2D eigenvalue weighted by molar-refractivity contribution is 0.768. The zero-order chi connectivity index (χ0) is 8.55. The van der Waals surface area contributed by atoms with Crippen molar-refractivity contribution in [3.8, 4) is 10.6 Å². The van der Waals surface area contributed by atoms with Crippen molar-refractivity contribution < 1.29 is 0 Å². The van der Waals surface area contributed by atoms with Gasteiger partial charge in [-0.15, -0.1) is 0 Å². The highest BCUT2D eigenvalue weighted by Crippen LogP contribution is 2.16. The first kappa shape index (κ1) is 7.23. The van der Waals surface area contributed by atoms with Crippen LogP contribution in [0.4, 0.5) is 0 Å². The fraction of sp³-hybridized carbons (Fsp3) is 0.167.